The van der Waals surface area contributed by atoms with Gasteiger partial charge in [-0.2, -0.15) is 4.39 Å². The maximum atomic E-state index is 12.7. The molecule has 1 aromatic rings. The Labute approximate surface area is 81.3 Å². The van der Waals surface area contributed by atoms with Crippen LogP contribution in [0.1, 0.15) is 0 Å². The molecule has 1 aromatic heterocycles. The topological polar surface area (TPSA) is 62.6 Å². The molecule has 0 saturated carbocycles. The molecule has 4 nitrogen and oxygen atoms in total. The predicted octanol–water partition coefficient (Wildman–Crippen LogP) is -0.201. The van der Waals surface area contributed by atoms with E-state index in [-0.39, 0.29) is 0 Å². The predicted molar refractivity (Wildman–Crippen MR) is 40.7 cm³/mol. The number of pyridine rings is 1. The number of ether oxygens (including phenoxy) is 1. The van der Waals surface area contributed by atoms with Crippen molar-refractivity contribution >= 4 is 12.6 Å². The SMILES string of the molecule is OB(O)c1cnc(F)c(OC(F)(F)F)c1. The average Bonchev–Trinajstić information content (AvgIpc) is 2.06. The zero-order valence-corrected chi connectivity index (χ0v) is 6.99. The minimum absolute atomic E-state index is 0.407. The first kappa shape index (κ1) is 11.7. The standard InChI is InChI=1S/C6H4BF4NO3/c8-5-4(15-6(9,10)11)1-3(2-12-5)7(13)14/h1-2,13-14H. The van der Waals surface area contributed by atoms with Crippen LogP contribution >= 0.6 is 0 Å². The Morgan fingerprint density at radius 1 is 1.33 bits per heavy atom. The minimum Gasteiger partial charge on any atom is -0.423 e. The number of rotatable bonds is 2. The van der Waals surface area contributed by atoms with Crippen molar-refractivity contribution in [1.82, 2.24) is 4.98 Å². The average molecular weight is 225 g/mol. The molecule has 0 saturated heterocycles. The van der Waals surface area contributed by atoms with Gasteiger partial charge < -0.3 is 14.8 Å². The van der Waals surface area contributed by atoms with Gasteiger partial charge in [-0.15, -0.1) is 13.2 Å². The van der Waals surface area contributed by atoms with Crippen molar-refractivity contribution in [3.05, 3.63) is 18.2 Å². The van der Waals surface area contributed by atoms with Gasteiger partial charge in [0.05, 0.1) is 0 Å². The van der Waals surface area contributed by atoms with E-state index in [4.69, 9.17) is 10.0 Å². The van der Waals surface area contributed by atoms with Crippen LogP contribution in [0.5, 0.6) is 5.75 Å². The third-order valence-electron chi connectivity index (χ3n) is 1.35. The van der Waals surface area contributed by atoms with Gasteiger partial charge in [0.15, 0.2) is 5.75 Å². The largest absolute Gasteiger partial charge is 0.573 e. The number of nitrogens with zero attached hydrogens (tertiary/aromatic N) is 1. The summed E-state index contributed by atoms with van der Waals surface area (Å²) in [7, 11) is -2.05. The number of hydrogen-bond donors (Lipinski definition) is 2. The van der Waals surface area contributed by atoms with Crippen LogP contribution in [-0.4, -0.2) is 28.5 Å². The van der Waals surface area contributed by atoms with Gasteiger partial charge in [0.2, 0.25) is 0 Å². The summed E-state index contributed by atoms with van der Waals surface area (Å²) < 4.78 is 51.1. The lowest BCUT2D eigenvalue weighted by Gasteiger charge is -2.09. The van der Waals surface area contributed by atoms with Crippen LogP contribution in [0.4, 0.5) is 17.6 Å². The Morgan fingerprint density at radius 3 is 2.40 bits per heavy atom. The van der Waals surface area contributed by atoms with E-state index >= 15 is 0 Å². The second-order valence-corrected chi connectivity index (χ2v) is 2.48. The summed E-state index contributed by atoms with van der Waals surface area (Å²) in [5.74, 6) is -2.70. The van der Waals surface area contributed by atoms with E-state index in [1.165, 1.54) is 0 Å². The fraction of sp³-hybridized carbons (Fsp3) is 0.167. The normalized spacial score (nSPS) is 11.3. The van der Waals surface area contributed by atoms with E-state index in [2.05, 4.69) is 9.72 Å². The Hall–Kier alpha value is -1.35. The molecule has 0 spiro atoms. The number of halogens is 4. The van der Waals surface area contributed by atoms with E-state index in [0.29, 0.717) is 12.3 Å². The summed E-state index contributed by atoms with van der Waals surface area (Å²) in [4.78, 5) is 2.87. The summed E-state index contributed by atoms with van der Waals surface area (Å²) in [6, 6.07) is 0.500. The molecule has 0 aliphatic carbocycles. The Kier molecular flexibility index (Phi) is 3.15. The van der Waals surface area contributed by atoms with E-state index in [9.17, 15) is 17.6 Å². The summed E-state index contributed by atoms with van der Waals surface area (Å²) >= 11 is 0. The lowest BCUT2D eigenvalue weighted by atomic mass is 9.82. The molecule has 2 N–H and O–H groups in total. The van der Waals surface area contributed by atoms with Crippen LogP contribution < -0.4 is 10.2 Å². The number of hydrogen-bond acceptors (Lipinski definition) is 4. The monoisotopic (exact) mass is 225 g/mol. The van der Waals surface area contributed by atoms with Gasteiger partial charge >= 0.3 is 13.5 Å². The Bertz CT molecular complexity index is 357. The molecule has 0 atom stereocenters. The number of aromatic nitrogens is 1. The molecular formula is C6H4BF4NO3. The first-order valence-corrected chi connectivity index (χ1v) is 3.57. The summed E-state index contributed by atoms with van der Waals surface area (Å²) in [5.41, 5.74) is -0.407. The first-order valence-electron chi connectivity index (χ1n) is 3.57. The zero-order chi connectivity index (χ0) is 11.6. The number of alkyl halides is 3. The van der Waals surface area contributed by atoms with E-state index in [1.54, 1.807) is 0 Å². The van der Waals surface area contributed by atoms with Crippen molar-refractivity contribution in [2.24, 2.45) is 0 Å². The molecule has 0 bridgehead atoms. The van der Waals surface area contributed by atoms with Crippen molar-refractivity contribution in [2.75, 3.05) is 0 Å². The summed E-state index contributed by atoms with van der Waals surface area (Å²) in [5, 5.41) is 17.2. The molecule has 0 amide bonds. The molecule has 1 rings (SSSR count). The highest BCUT2D eigenvalue weighted by atomic mass is 19.4. The molecule has 0 unspecified atom stereocenters. The molecule has 0 radical (unpaired) electrons. The van der Waals surface area contributed by atoms with Crippen LogP contribution in [0.2, 0.25) is 0 Å². The maximum absolute atomic E-state index is 12.7. The van der Waals surface area contributed by atoms with Crippen LogP contribution in [-0.2, 0) is 0 Å². The van der Waals surface area contributed by atoms with Crippen molar-refractivity contribution in [3.63, 3.8) is 0 Å². The maximum Gasteiger partial charge on any atom is 0.573 e. The summed E-state index contributed by atoms with van der Waals surface area (Å²) in [6.45, 7) is 0. The van der Waals surface area contributed by atoms with Gasteiger partial charge in [0.25, 0.3) is 5.95 Å². The lowest BCUT2D eigenvalue weighted by molar-refractivity contribution is -0.275. The Morgan fingerprint density at radius 2 is 1.93 bits per heavy atom. The third kappa shape index (κ3) is 3.37. The van der Waals surface area contributed by atoms with Crippen LogP contribution in [0.3, 0.4) is 0 Å². The zero-order valence-electron chi connectivity index (χ0n) is 6.99. The van der Waals surface area contributed by atoms with Crippen LogP contribution in [0, 0.1) is 5.95 Å². The lowest BCUT2D eigenvalue weighted by Crippen LogP contribution is -2.31. The third-order valence-corrected chi connectivity index (χ3v) is 1.35. The van der Waals surface area contributed by atoms with Gasteiger partial charge in [-0.3, -0.25) is 0 Å². The van der Waals surface area contributed by atoms with E-state index in [1.807, 2.05) is 0 Å². The molecule has 0 fully saturated rings. The molecule has 82 valence electrons. The molecule has 0 aliphatic heterocycles. The molecule has 1 heterocycles. The van der Waals surface area contributed by atoms with E-state index in [0.717, 1.165) is 0 Å². The van der Waals surface area contributed by atoms with Crippen molar-refractivity contribution in [2.45, 2.75) is 6.36 Å². The highest BCUT2D eigenvalue weighted by Crippen LogP contribution is 2.23. The fourth-order valence-corrected chi connectivity index (χ4v) is 0.780. The second-order valence-electron chi connectivity index (χ2n) is 2.48. The van der Waals surface area contributed by atoms with Crippen molar-refractivity contribution in [3.8, 4) is 5.75 Å². The quantitative estimate of drug-likeness (QED) is 0.415. The second kappa shape index (κ2) is 4.03. The van der Waals surface area contributed by atoms with Gasteiger partial charge in [0.1, 0.15) is 0 Å². The van der Waals surface area contributed by atoms with Crippen LogP contribution in [0.15, 0.2) is 12.3 Å². The Balaban J connectivity index is 3.01. The van der Waals surface area contributed by atoms with E-state index < -0.39 is 30.6 Å². The smallest absolute Gasteiger partial charge is 0.423 e. The summed E-state index contributed by atoms with van der Waals surface area (Å²) in [6.07, 6.45) is -4.38. The molecule has 0 aromatic carbocycles. The van der Waals surface area contributed by atoms with Gasteiger partial charge in [-0.25, -0.2) is 4.98 Å². The first-order chi connectivity index (χ1) is 6.79. The minimum atomic E-state index is -5.07. The van der Waals surface area contributed by atoms with Crippen LogP contribution in [0.25, 0.3) is 0 Å². The molecule has 15 heavy (non-hydrogen) atoms. The fourth-order valence-electron chi connectivity index (χ4n) is 0.780. The van der Waals surface area contributed by atoms with Gasteiger partial charge in [0, 0.05) is 11.7 Å². The van der Waals surface area contributed by atoms with Crippen molar-refractivity contribution < 1.29 is 32.3 Å². The highest BCUT2D eigenvalue weighted by molar-refractivity contribution is 6.58. The molecular weight excluding hydrogens is 221 g/mol. The van der Waals surface area contributed by atoms with Crippen molar-refractivity contribution in [1.29, 1.82) is 0 Å². The molecule has 0 aliphatic rings. The van der Waals surface area contributed by atoms with Gasteiger partial charge in [-0.1, -0.05) is 0 Å². The molecule has 9 heteroatoms. The highest BCUT2D eigenvalue weighted by Gasteiger charge is 2.33. The van der Waals surface area contributed by atoms with Gasteiger partial charge in [-0.05, 0) is 6.07 Å².